The van der Waals surface area contributed by atoms with Crippen LogP contribution in [-0.4, -0.2) is 0 Å². The van der Waals surface area contributed by atoms with Gasteiger partial charge in [-0.05, 0) is 29.4 Å². The molecule has 2 atom stereocenters. The first-order valence-electron chi connectivity index (χ1n) is 7.29. The molecule has 0 aliphatic carbocycles. The number of allylic oxidation sites excluding steroid dienone is 1. The van der Waals surface area contributed by atoms with Crippen LogP contribution < -0.4 is 0 Å². The molecule has 1 heteroatoms. The number of rotatable bonds is 3. The van der Waals surface area contributed by atoms with Gasteiger partial charge in [0.05, 0.1) is 0 Å². The highest BCUT2D eigenvalue weighted by molar-refractivity contribution is 8.03. The fraction of sp³-hybridized carbons (Fsp3) is 0.263. The van der Waals surface area contributed by atoms with Crippen LogP contribution in [-0.2, 0) is 4.75 Å². The molecular formula is C19H20S. The lowest BCUT2D eigenvalue weighted by Crippen LogP contribution is -2.25. The van der Waals surface area contributed by atoms with Gasteiger partial charge in [0.1, 0.15) is 0 Å². The van der Waals surface area contributed by atoms with Crippen LogP contribution in [0, 0.1) is 0 Å². The summed E-state index contributed by atoms with van der Waals surface area (Å²) in [5, 5.41) is 2.30. The van der Waals surface area contributed by atoms with Gasteiger partial charge in [0.15, 0.2) is 0 Å². The van der Waals surface area contributed by atoms with Crippen LogP contribution in [0.25, 0.3) is 0 Å². The topological polar surface area (TPSA) is 0 Å². The normalized spacial score (nSPS) is 25.6. The summed E-state index contributed by atoms with van der Waals surface area (Å²) in [6.07, 6.45) is 4.70. The van der Waals surface area contributed by atoms with Gasteiger partial charge in [0, 0.05) is 10.7 Å². The molecule has 1 heterocycles. The summed E-state index contributed by atoms with van der Waals surface area (Å²) in [7, 11) is 0. The second-order valence-electron chi connectivity index (χ2n) is 5.38. The molecule has 0 amide bonds. The Kier molecular flexibility index (Phi) is 3.98. The maximum Gasteiger partial charge on any atom is 0.0455 e. The van der Waals surface area contributed by atoms with Crippen molar-refractivity contribution >= 4 is 11.8 Å². The minimum absolute atomic E-state index is 0.219. The number of hydrogen-bond donors (Lipinski definition) is 0. The van der Waals surface area contributed by atoms with Crippen molar-refractivity contribution in [1.82, 2.24) is 0 Å². The Morgan fingerprint density at radius 2 is 1.65 bits per heavy atom. The zero-order valence-electron chi connectivity index (χ0n) is 11.8. The number of hydrogen-bond acceptors (Lipinski definition) is 1. The van der Waals surface area contributed by atoms with E-state index < -0.39 is 0 Å². The Labute approximate surface area is 125 Å². The van der Waals surface area contributed by atoms with Crippen molar-refractivity contribution in [2.24, 2.45) is 0 Å². The Morgan fingerprint density at radius 3 is 2.30 bits per heavy atom. The van der Waals surface area contributed by atoms with Crippen molar-refractivity contribution in [2.75, 3.05) is 0 Å². The van der Waals surface area contributed by atoms with E-state index in [9.17, 15) is 0 Å². The Morgan fingerprint density at radius 1 is 1.00 bits per heavy atom. The van der Waals surface area contributed by atoms with Crippen LogP contribution in [0.15, 0.2) is 72.1 Å². The zero-order valence-corrected chi connectivity index (χ0v) is 12.6. The minimum Gasteiger partial charge on any atom is -0.123 e. The molecule has 0 fully saturated rings. The van der Waals surface area contributed by atoms with Gasteiger partial charge in [-0.25, -0.2) is 0 Å². The highest BCUT2D eigenvalue weighted by Gasteiger charge is 2.35. The third-order valence-corrected chi connectivity index (χ3v) is 5.69. The standard InChI is InChI=1S/C19H20S/c1-2-19(18-11-7-4-8-12-18)15-17(13-14-20-19)16-9-5-3-6-10-16/h3-14,17H,2,15H2,1H3/t17-,19-/m1/s1. The third-order valence-electron chi connectivity index (χ3n) is 4.25. The van der Waals surface area contributed by atoms with Crippen LogP contribution in [0.2, 0.25) is 0 Å². The summed E-state index contributed by atoms with van der Waals surface area (Å²) < 4.78 is 0.219. The first kappa shape index (κ1) is 13.5. The molecule has 2 aromatic carbocycles. The number of benzene rings is 2. The molecule has 0 unspecified atom stereocenters. The summed E-state index contributed by atoms with van der Waals surface area (Å²) >= 11 is 1.98. The SMILES string of the molecule is CC[C@]1(c2ccccc2)C[C@H](c2ccccc2)C=CS1. The molecule has 0 bridgehead atoms. The molecule has 2 aromatic rings. The van der Waals surface area contributed by atoms with E-state index in [-0.39, 0.29) is 4.75 Å². The molecule has 0 radical (unpaired) electrons. The predicted molar refractivity (Wildman–Crippen MR) is 88.9 cm³/mol. The molecule has 0 nitrogen and oxygen atoms in total. The highest BCUT2D eigenvalue weighted by atomic mass is 32.2. The Balaban J connectivity index is 1.94. The van der Waals surface area contributed by atoms with Crippen LogP contribution in [0.3, 0.4) is 0 Å². The minimum atomic E-state index is 0.219. The van der Waals surface area contributed by atoms with Crippen LogP contribution in [0.1, 0.15) is 36.8 Å². The average molecular weight is 280 g/mol. The van der Waals surface area contributed by atoms with Gasteiger partial charge in [0.25, 0.3) is 0 Å². The van der Waals surface area contributed by atoms with Gasteiger partial charge in [0.2, 0.25) is 0 Å². The van der Waals surface area contributed by atoms with Crippen molar-refractivity contribution in [3.05, 3.63) is 83.3 Å². The highest BCUT2D eigenvalue weighted by Crippen LogP contribution is 2.50. The second-order valence-corrected chi connectivity index (χ2v) is 6.67. The third kappa shape index (κ3) is 2.55. The van der Waals surface area contributed by atoms with Gasteiger partial charge in [-0.2, -0.15) is 0 Å². The smallest absolute Gasteiger partial charge is 0.0455 e. The van der Waals surface area contributed by atoms with Gasteiger partial charge >= 0.3 is 0 Å². The predicted octanol–water partition coefficient (Wildman–Crippen LogP) is 5.73. The van der Waals surface area contributed by atoms with E-state index >= 15 is 0 Å². The molecule has 0 aromatic heterocycles. The van der Waals surface area contributed by atoms with E-state index in [2.05, 4.69) is 79.1 Å². The molecule has 1 aliphatic heterocycles. The summed E-state index contributed by atoms with van der Waals surface area (Å²) in [6.45, 7) is 2.31. The van der Waals surface area contributed by atoms with E-state index in [0.717, 1.165) is 6.42 Å². The monoisotopic (exact) mass is 280 g/mol. The van der Waals surface area contributed by atoms with E-state index in [1.165, 1.54) is 17.5 Å². The molecule has 0 saturated heterocycles. The fourth-order valence-corrected chi connectivity index (χ4v) is 4.27. The van der Waals surface area contributed by atoms with E-state index in [1.54, 1.807) is 0 Å². The number of thioether (sulfide) groups is 1. The molecule has 3 rings (SSSR count). The van der Waals surface area contributed by atoms with Gasteiger partial charge in [-0.1, -0.05) is 73.7 Å². The second kappa shape index (κ2) is 5.88. The average Bonchev–Trinajstić information content (AvgIpc) is 2.56. The van der Waals surface area contributed by atoms with Crippen molar-refractivity contribution < 1.29 is 0 Å². The molecule has 102 valence electrons. The first-order valence-corrected chi connectivity index (χ1v) is 8.17. The largest absolute Gasteiger partial charge is 0.123 e. The molecule has 20 heavy (non-hydrogen) atoms. The van der Waals surface area contributed by atoms with Gasteiger partial charge < -0.3 is 0 Å². The molecule has 0 spiro atoms. The summed E-state index contributed by atoms with van der Waals surface area (Å²) in [5.41, 5.74) is 2.88. The van der Waals surface area contributed by atoms with E-state index in [1.807, 2.05) is 11.8 Å². The Hall–Kier alpha value is -1.47. The molecular weight excluding hydrogens is 260 g/mol. The van der Waals surface area contributed by atoms with Crippen molar-refractivity contribution in [1.29, 1.82) is 0 Å². The first-order chi connectivity index (χ1) is 9.84. The van der Waals surface area contributed by atoms with E-state index in [0.29, 0.717) is 5.92 Å². The van der Waals surface area contributed by atoms with Crippen molar-refractivity contribution in [3.63, 3.8) is 0 Å². The van der Waals surface area contributed by atoms with Gasteiger partial charge in [-0.3, -0.25) is 0 Å². The van der Waals surface area contributed by atoms with Crippen molar-refractivity contribution in [3.8, 4) is 0 Å². The lowest BCUT2D eigenvalue weighted by Gasteiger charge is -2.37. The summed E-state index contributed by atoms with van der Waals surface area (Å²) in [4.78, 5) is 0. The quantitative estimate of drug-likeness (QED) is 0.692. The van der Waals surface area contributed by atoms with Crippen molar-refractivity contribution in [2.45, 2.75) is 30.4 Å². The Bertz CT molecular complexity index is 573. The molecule has 0 N–H and O–H groups in total. The fourth-order valence-electron chi connectivity index (χ4n) is 3.02. The van der Waals surface area contributed by atoms with Crippen LogP contribution in [0.5, 0.6) is 0 Å². The molecule has 1 aliphatic rings. The van der Waals surface area contributed by atoms with Crippen LogP contribution in [0.4, 0.5) is 0 Å². The van der Waals surface area contributed by atoms with E-state index in [4.69, 9.17) is 0 Å². The lowest BCUT2D eigenvalue weighted by molar-refractivity contribution is 0.517. The zero-order chi connectivity index (χ0) is 13.8. The molecule has 0 saturated carbocycles. The maximum absolute atomic E-state index is 2.36. The maximum atomic E-state index is 2.36. The summed E-state index contributed by atoms with van der Waals surface area (Å²) in [6, 6.07) is 21.8. The van der Waals surface area contributed by atoms with Gasteiger partial charge in [-0.15, -0.1) is 11.8 Å². The lowest BCUT2D eigenvalue weighted by atomic mass is 9.82. The summed E-state index contributed by atoms with van der Waals surface area (Å²) in [5.74, 6) is 0.526. The van der Waals surface area contributed by atoms with Crippen LogP contribution >= 0.6 is 11.8 Å².